The summed E-state index contributed by atoms with van der Waals surface area (Å²) in [5, 5.41) is 6.05. The van der Waals surface area contributed by atoms with Crippen molar-refractivity contribution < 1.29 is 9.59 Å². The first-order chi connectivity index (χ1) is 13.9. The van der Waals surface area contributed by atoms with Crippen molar-refractivity contribution in [2.75, 3.05) is 11.1 Å². The molecule has 2 fully saturated rings. The minimum absolute atomic E-state index is 0.0267. The average molecular weight is 395 g/mol. The lowest BCUT2D eigenvalue weighted by Crippen LogP contribution is -2.53. The number of amides is 3. The highest BCUT2D eigenvalue weighted by Gasteiger charge is 2.54. The predicted octanol–water partition coefficient (Wildman–Crippen LogP) is 2.51. The topological polar surface area (TPSA) is 126 Å². The number of nitrogens with two attached hydrogens (primary N) is 1. The maximum Gasteiger partial charge on any atom is 0.325 e. The number of urea groups is 1. The standard InChI is InChI=1S/C20H25N7O2/c1-12-7-3-4-9-14(12)22-18-24-15(23-17(21)25-18)11-27-16(28)20(26-19(27)29)10-6-5-8-13(20)2/h3-4,7,9,13H,5-6,8,10-11H2,1-2H3,(H,26,29)(H3,21,22,23,24,25)/t13-,20-/m0/s1. The van der Waals surface area contributed by atoms with Gasteiger partial charge in [-0.2, -0.15) is 15.0 Å². The molecule has 1 aromatic heterocycles. The molecule has 2 heterocycles. The number of nitrogens with zero attached hydrogens (tertiary/aromatic N) is 4. The molecule has 4 N–H and O–H groups in total. The van der Waals surface area contributed by atoms with Crippen LogP contribution in [0.25, 0.3) is 0 Å². The van der Waals surface area contributed by atoms with Crippen molar-refractivity contribution in [2.45, 2.75) is 51.6 Å². The van der Waals surface area contributed by atoms with Crippen LogP contribution in [-0.4, -0.2) is 37.3 Å². The minimum Gasteiger partial charge on any atom is -0.368 e. The third-order valence-electron chi connectivity index (χ3n) is 5.89. The molecule has 1 aliphatic heterocycles. The van der Waals surface area contributed by atoms with Gasteiger partial charge in [0.25, 0.3) is 5.91 Å². The highest BCUT2D eigenvalue weighted by Crippen LogP contribution is 2.38. The van der Waals surface area contributed by atoms with Crippen LogP contribution >= 0.6 is 0 Å². The number of imide groups is 1. The Morgan fingerprint density at radius 3 is 2.79 bits per heavy atom. The summed E-state index contributed by atoms with van der Waals surface area (Å²) in [6.45, 7) is 3.94. The SMILES string of the molecule is Cc1ccccc1Nc1nc(N)nc(CN2C(=O)N[C@]3(CCCC[C@@H]3C)C2=O)n1. The van der Waals surface area contributed by atoms with Crippen LogP contribution in [0.15, 0.2) is 24.3 Å². The second-order valence-electron chi connectivity index (χ2n) is 7.81. The highest BCUT2D eigenvalue weighted by atomic mass is 16.2. The molecule has 9 heteroatoms. The molecule has 1 aromatic carbocycles. The number of carbonyl (C=O) groups excluding carboxylic acids is 2. The molecule has 0 bridgehead atoms. The lowest BCUT2D eigenvalue weighted by molar-refractivity contribution is -0.134. The van der Waals surface area contributed by atoms with Crippen LogP contribution in [0.5, 0.6) is 0 Å². The van der Waals surface area contributed by atoms with E-state index in [1.165, 1.54) is 4.90 Å². The van der Waals surface area contributed by atoms with Gasteiger partial charge in [0.15, 0.2) is 5.82 Å². The van der Waals surface area contributed by atoms with E-state index in [0.717, 1.165) is 30.5 Å². The molecule has 29 heavy (non-hydrogen) atoms. The van der Waals surface area contributed by atoms with Crippen LogP contribution in [-0.2, 0) is 11.3 Å². The zero-order chi connectivity index (χ0) is 20.6. The molecule has 0 unspecified atom stereocenters. The van der Waals surface area contributed by atoms with Crippen LogP contribution in [0.3, 0.4) is 0 Å². The molecule has 1 saturated carbocycles. The number of hydrogen-bond acceptors (Lipinski definition) is 7. The van der Waals surface area contributed by atoms with Crippen LogP contribution in [0.1, 0.15) is 44.0 Å². The third kappa shape index (κ3) is 3.48. The maximum absolute atomic E-state index is 13.1. The molecule has 2 atom stereocenters. The summed E-state index contributed by atoms with van der Waals surface area (Å²) < 4.78 is 0. The number of aryl methyl sites for hydroxylation is 1. The third-order valence-corrected chi connectivity index (χ3v) is 5.89. The van der Waals surface area contributed by atoms with Gasteiger partial charge in [-0.1, -0.05) is 38.0 Å². The monoisotopic (exact) mass is 395 g/mol. The Bertz CT molecular complexity index is 964. The van der Waals surface area contributed by atoms with Gasteiger partial charge < -0.3 is 16.4 Å². The first-order valence-corrected chi connectivity index (χ1v) is 9.86. The fraction of sp³-hybridized carbons (Fsp3) is 0.450. The predicted molar refractivity (Wildman–Crippen MR) is 108 cm³/mol. The van der Waals surface area contributed by atoms with Crippen LogP contribution in [0.2, 0.25) is 0 Å². The fourth-order valence-corrected chi connectivity index (χ4v) is 4.18. The van der Waals surface area contributed by atoms with Crippen molar-refractivity contribution in [3.05, 3.63) is 35.7 Å². The Balaban J connectivity index is 1.56. The molecular weight excluding hydrogens is 370 g/mol. The van der Waals surface area contributed by atoms with Gasteiger partial charge in [0.2, 0.25) is 11.9 Å². The summed E-state index contributed by atoms with van der Waals surface area (Å²) in [6, 6.07) is 7.30. The Labute approximate surface area is 169 Å². The van der Waals surface area contributed by atoms with Crippen LogP contribution in [0.4, 0.5) is 22.4 Å². The first-order valence-electron chi connectivity index (χ1n) is 9.86. The number of anilines is 3. The lowest BCUT2D eigenvalue weighted by Gasteiger charge is -2.36. The maximum atomic E-state index is 13.1. The van der Waals surface area contributed by atoms with Crippen molar-refractivity contribution in [1.82, 2.24) is 25.2 Å². The number of carbonyl (C=O) groups is 2. The number of benzene rings is 1. The van der Waals surface area contributed by atoms with E-state index in [-0.39, 0.29) is 36.1 Å². The first kappa shape index (κ1) is 19.1. The van der Waals surface area contributed by atoms with E-state index in [0.29, 0.717) is 6.42 Å². The number of hydrogen-bond donors (Lipinski definition) is 3. The molecule has 3 amide bonds. The molecule has 2 aliphatic rings. The molecule has 1 saturated heterocycles. The van der Waals surface area contributed by atoms with Gasteiger partial charge in [-0.15, -0.1) is 0 Å². The van der Waals surface area contributed by atoms with E-state index >= 15 is 0 Å². The van der Waals surface area contributed by atoms with E-state index in [2.05, 4.69) is 25.6 Å². The number of rotatable bonds is 4. The Morgan fingerprint density at radius 2 is 2.03 bits per heavy atom. The normalized spacial score (nSPS) is 24.1. The number of nitrogen functional groups attached to an aromatic ring is 1. The molecule has 152 valence electrons. The van der Waals surface area contributed by atoms with Crippen molar-refractivity contribution in [3.8, 4) is 0 Å². The van der Waals surface area contributed by atoms with E-state index in [1.807, 2.05) is 38.1 Å². The zero-order valence-electron chi connectivity index (χ0n) is 16.6. The van der Waals surface area contributed by atoms with Crippen molar-refractivity contribution in [2.24, 2.45) is 5.92 Å². The molecule has 0 radical (unpaired) electrons. The van der Waals surface area contributed by atoms with Gasteiger partial charge >= 0.3 is 6.03 Å². The largest absolute Gasteiger partial charge is 0.368 e. The summed E-state index contributed by atoms with van der Waals surface area (Å²) in [5.41, 5.74) is 6.90. The summed E-state index contributed by atoms with van der Waals surface area (Å²) in [5.74, 6) is 0.451. The minimum atomic E-state index is -0.809. The van der Waals surface area contributed by atoms with Gasteiger partial charge in [-0.05, 0) is 37.3 Å². The van der Waals surface area contributed by atoms with E-state index < -0.39 is 11.6 Å². The van der Waals surface area contributed by atoms with Crippen molar-refractivity contribution in [1.29, 1.82) is 0 Å². The number of nitrogens with one attached hydrogen (secondary N) is 2. The smallest absolute Gasteiger partial charge is 0.325 e. The van der Waals surface area contributed by atoms with Gasteiger partial charge in [0.05, 0.1) is 6.54 Å². The highest BCUT2D eigenvalue weighted by molar-refractivity contribution is 6.07. The van der Waals surface area contributed by atoms with E-state index in [4.69, 9.17) is 5.73 Å². The summed E-state index contributed by atoms with van der Waals surface area (Å²) >= 11 is 0. The molecule has 2 aromatic rings. The second-order valence-corrected chi connectivity index (χ2v) is 7.81. The second kappa shape index (κ2) is 7.31. The average Bonchev–Trinajstić information content (AvgIpc) is 2.91. The Morgan fingerprint density at radius 1 is 1.24 bits per heavy atom. The van der Waals surface area contributed by atoms with Gasteiger partial charge in [0.1, 0.15) is 5.54 Å². The lowest BCUT2D eigenvalue weighted by atomic mass is 9.73. The summed E-state index contributed by atoms with van der Waals surface area (Å²) in [4.78, 5) is 39.5. The fourth-order valence-electron chi connectivity index (χ4n) is 4.18. The molecule has 1 aliphatic carbocycles. The van der Waals surface area contributed by atoms with Gasteiger partial charge in [0, 0.05) is 5.69 Å². The molecule has 9 nitrogen and oxygen atoms in total. The molecule has 1 spiro atoms. The summed E-state index contributed by atoms with van der Waals surface area (Å²) in [7, 11) is 0. The quantitative estimate of drug-likeness (QED) is 0.679. The Hall–Kier alpha value is -3.23. The molecular formula is C20H25N7O2. The zero-order valence-corrected chi connectivity index (χ0v) is 16.6. The molecule has 4 rings (SSSR count). The van der Waals surface area contributed by atoms with Crippen LogP contribution in [0, 0.1) is 12.8 Å². The van der Waals surface area contributed by atoms with Gasteiger partial charge in [-0.25, -0.2) is 4.79 Å². The van der Waals surface area contributed by atoms with E-state index in [9.17, 15) is 9.59 Å². The van der Waals surface area contributed by atoms with Crippen molar-refractivity contribution >= 4 is 29.5 Å². The summed E-state index contributed by atoms with van der Waals surface area (Å²) in [6.07, 6.45) is 3.58. The van der Waals surface area contributed by atoms with Crippen molar-refractivity contribution in [3.63, 3.8) is 0 Å². The number of aromatic nitrogens is 3. The van der Waals surface area contributed by atoms with E-state index in [1.54, 1.807) is 0 Å². The van der Waals surface area contributed by atoms with Gasteiger partial charge in [-0.3, -0.25) is 9.69 Å². The number of para-hydroxylation sites is 1. The van der Waals surface area contributed by atoms with Crippen LogP contribution < -0.4 is 16.4 Å². The Kier molecular flexibility index (Phi) is 4.81.